The normalized spacial score (nSPS) is 29.9. The van der Waals surface area contributed by atoms with Gasteiger partial charge in [-0.2, -0.15) is 0 Å². The molecule has 2 aromatic carbocycles. The number of anilines is 2. The van der Waals surface area contributed by atoms with E-state index >= 15 is 0 Å². The van der Waals surface area contributed by atoms with Gasteiger partial charge in [0.05, 0.1) is 37.4 Å². The van der Waals surface area contributed by atoms with Crippen LogP contribution in [0.5, 0.6) is 11.5 Å². The van der Waals surface area contributed by atoms with Crippen molar-refractivity contribution in [2.24, 2.45) is 23.7 Å². The SMILES string of the molecule is COc1ccc(NC(=O)c2cccc(N3C(=O)[C@@H]4[C@H]5C[C@@H]([C@H](Br)[C@H]5Br)[C@@H]4C3=O)c2)c(OC)c1. The van der Waals surface area contributed by atoms with Crippen LogP contribution >= 0.6 is 31.9 Å². The number of carbonyl (C=O) groups excluding carboxylic acids is 3. The van der Waals surface area contributed by atoms with Crippen LogP contribution in [0.15, 0.2) is 42.5 Å². The molecule has 0 radical (unpaired) electrons. The first-order valence-electron chi connectivity index (χ1n) is 10.6. The summed E-state index contributed by atoms with van der Waals surface area (Å²) in [6.45, 7) is 0. The summed E-state index contributed by atoms with van der Waals surface area (Å²) in [7, 11) is 3.06. The monoisotopic (exact) mass is 576 g/mol. The molecule has 7 nitrogen and oxygen atoms in total. The van der Waals surface area contributed by atoms with E-state index in [9.17, 15) is 14.4 Å². The van der Waals surface area contributed by atoms with Gasteiger partial charge in [0.2, 0.25) is 11.8 Å². The molecule has 0 aromatic heterocycles. The smallest absolute Gasteiger partial charge is 0.255 e. The van der Waals surface area contributed by atoms with Crippen LogP contribution in [0, 0.1) is 23.7 Å². The maximum atomic E-state index is 13.3. The van der Waals surface area contributed by atoms with E-state index < -0.39 is 0 Å². The fraction of sp³-hybridized carbons (Fsp3) is 0.375. The molecular formula is C24H22Br2N2O5. The van der Waals surface area contributed by atoms with Gasteiger partial charge in [-0.15, -0.1) is 0 Å². The molecule has 2 saturated carbocycles. The molecule has 1 saturated heterocycles. The number of ether oxygens (including phenoxy) is 2. The van der Waals surface area contributed by atoms with Crippen LogP contribution in [0.4, 0.5) is 11.4 Å². The summed E-state index contributed by atoms with van der Waals surface area (Å²) in [5.74, 6) is 0.0184. The average molecular weight is 578 g/mol. The standard InChI is InChI=1S/C24H22Br2N2O5/c1-32-13-6-7-16(17(9-13)33-2)27-22(29)11-4-3-5-12(8-11)28-23(30)18-14-10-15(19(18)24(28)31)21(26)20(14)25/h3-9,14-15,18-21H,10H2,1-2H3,(H,27,29)/t14-,15-,18-,19+,20+,21+/m1/s1. The highest BCUT2D eigenvalue weighted by molar-refractivity contribution is 9.12. The van der Waals surface area contributed by atoms with Crippen molar-refractivity contribution in [2.75, 3.05) is 24.4 Å². The topological polar surface area (TPSA) is 84.9 Å². The Balaban J connectivity index is 1.40. The second kappa shape index (κ2) is 8.43. The summed E-state index contributed by atoms with van der Waals surface area (Å²) in [6, 6.07) is 11.7. The van der Waals surface area contributed by atoms with Crippen molar-refractivity contribution < 1.29 is 23.9 Å². The first-order chi connectivity index (χ1) is 15.8. The minimum absolute atomic E-state index is 0.139. The second-order valence-corrected chi connectivity index (χ2v) is 10.7. The van der Waals surface area contributed by atoms with E-state index in [2.05, 4.69) is 37.2 Å². The van der Waals surface area contributed by atoms with Crippen molar-refractivity contribution >= 4 is 61.0 Å². The third-order valence-electron chi connectivity index (χ3n) is 7.01. The molecule has 3 amide bonds. The summed E-state index contributed by atoms with van der Waals surface area (Å²) >= 11 is 7.41. The molecule has 5 rings (SSSR count). The molecule has 2 bridgehead atoms. The number of fused-ring (bicyclic) bond motifs is 5. The van der Waals surface area contributed by atoms with Crippen molar-refractivity contribution in [1.82, 2.24) is 0 Å². The zero-order valence-corrected chi connectivity index (χ0v) is 21.1. The first kappa shape index (κ1) is 22.4. The van der Waals surface area contributed by atoms with Crippen molar-refractivity contribution in [3.05, 3.63) is 48.0 Å². The Morgan fingerprint density at radius 1 is 0.970 bits per heavy atom. The van der Waals surface area contributed by atoms with Crippen LogP contribution in [0.3, 0.4) is 0 Å². The maximum absolute atomic E-state index is 13.3. The van der Waals surface area contributed by atoms with E-state index in [1.54, 1.807) is 49.6 Å². The lowest BCUT2D eigenvalue weighted by Gasteiger charge is -2.28. The highest BCUT2D eigenvalue weighted by Crippen LogP contribution is 2.60. The lowest BCUT2D eigenvalue weighted by Crippen LogP contribution is -2.37. The number of methoxy groups -OCH3 is 2. The van der Waals surface area contributed by atoms with Gasteiger partial charge in [-0.3, -0.25) is 19.3 Å². The Kier molecular flexibility index (Phi) is 5.73. The van der Waals surface area contributed by atoms with E-state index in [1.807, 2.05) is 0 Å². The number of imide groups is 1. The number of hydrogen-bond acceptors (Lipinski definition) is 5. The van der Waals surface area contributed by atoms with Gasteiger partial charge in [-0.05, 0) is 48.6 Å². The maximum Gasteiger partial charge on any atom is 0.255 e. The minimum atomic E-state index is -0.374. The molecule has 6 atom stereocenters. The molecule has 33 heavy (non-hydrogen) atoms. The van der Waals surface area contributed by atoms with E-state index in [4.69, 9.17) is 9.47 Å². The number of nitrogens with one attached hydrogen (secondary N) is 1. The zero-order chi connectivity index (χ0) is 23.4. The molecule has 3 fully saturated rings. The zero-order valence-electron chi connectivity index (χ0n) is 18.0. The Bertz CT molecular complexity index is 1120. The Hall–Kier alpha value is -2.39. The molecule has 3 aliphatic rings. The van der Waals surface area contributed by atoms with Gasteiger partial charge in [-0.1, -0.05) is 37.9 Å². The number of alkyl halides is 2. The molecule has 9 heteroatoms. The third kappa shape index (κ3) is 3.47. The summed E-state index contributed by atoms with van der Waals surface area (Å²) in [5.41, 5.74) is 1.24. The summed E-state index contributed by atoms with van der Waals surface area (Å²) < 4.78 is 10.5. The quantitative estimate of drug-likeness (QED) is 0.424. The number of benzene rings is 2. The van der Waals surface area contributed by atoms with Gasteiger partial charge < -0.3 is 14.8 Å². The molecule has 1 heterocycles. The van der Waals surface area contributed by atoms with Crippen molar-refractivity contribution in [1.29, 1.82) is 0 Å². The van der Waals surface area contributed by atoms with Gasteiger partial charge in [0.25, 0.3) is 5.91 Å². The lowest BCUT2D eigenvalue weighted by molar-refractivity contribution is -0.123. The summed E-state index contributed by atoms with van der Waals surface area (Å²) in [6.07, 6.45) is 0.874. The highest BCUT2D eigenvalue weighted by atomic mass is 79.9. The molecular weight excluding hydrogens is 556 g/mol. The number of nitrogens with zero attached hydrogens (tertiary/aromatic N) is 1. The molecule has 172 valence electrons. The third-order valence-corrected chi connectivity index (χ3v) is 10.2. The molecule has 0 unspecified atom stereocenters. The summed E-state index contributed by atoms with van der Waals surface area (Å²) in [4.78, 5) is 41.2. The van der Waals surface area contributed by atoms with Crippen molar-refractivity contribution in [3.63, 3.8) is 0 Å². The van der Waals surface area contributed by atoms with E-state index in [-0.39, 0.29) is 51.0 Å². The lowest BCUT2D eigenvalue weighted by atomic mass is 9.81. The van der Waals surface area contributed by atoms with Crippen molar-refractivity contribution in [2.45, 2.75) is 16.1 Å². The second-order valence-electron chi connectivity index (χ2n) is 8.59. The van der Waals surface area contributed by atoms with Crippen LogP contribution in [-0.2, 0) is 9.59 Å². The van der Waals surface area contributed by atoms with Crippen LogP contribution in [0.25, 0.3) is 0 Å². The molecule has 0 spiro atoms. The Labute approximate surface area is 208 Å². The van der Waals surface area contributed by atoms with Crippen LogP contribution < -0.4 is 19.7 Å². The fourth-order valence-corrected chi connectivity index (χ4v) is 7.36. The predicted molar refractivity (Wildman–Crippen MR) is 130 cm³/mol. The van der Waals surface area contributed by atoms with Crippen LogP contribution in [0.2, 0.25) is 0 Å². The highest BCUT2D eigenvalue weighted by Gasteiger charge is 2.66. The Morgan fingerprint density at radius 2 is 1.64 bits per heavy atom. The minimum Gasteiger partial charge on any atom is -0.497 e. The van der Waals surface area contributed by atoms with E-state index in [0.29, 0.717) is 28.4 Å². The van der Waals surface area contributed by atoms with Gasteiger partial charge >= 0.3 is 0 Å². The number of carbonyl (C=O) groups is 3. The predicted octanol–water partition coefficient (Wildman–Crippen LogP) is 4.24. The van der Waals surface area contributed by atoms with Crippen molar-refractivity contribution in [3.8, 4) is 11.5 Å². The van der Waals surface area contributed by atoms with Gasteiger partial charge in [0.15, 0.2) is 0 Å². The van der Waals surface area contributed by atoms with E-state index in [1.165, 1.54) is 12.0 Å². The Morgan fingerprint density at radius 3 is 2.24 bits per heavy atom. The van der Waals surface area contributed by atoms with Gasteiger partial charge in [-0.25, -0.2) is 0 Å². The number of amides is 3. The van der Waals surface area contributed by atoms with Gasteiger partial charge in [0, 0.05) is 21.3 Å². The van der Waals surface area contributed by atoms with E-state index in [0.717, 1.165) is 6.42 Å². The summed E-state index contributed by atoms with van der Waals surface area (Å²) in [5, 5.41) is 2.82. The average Bonchev–Trinajstić information content (AvgIpc) is 3.44. The molecule has 1 aliphatic heterocycles. The first-order valence-corrected chi connectivity index (χ1v) is 12.5. The van der Waals surface area contributed by atoms with Gasteiger partial charge in [0.1, 0.15) is 11.5 Å². The number of rotatable bonds is 5. The molecule has 2 aromatic rings. The largest absolute Gasteiger partial charge is 0.497 e. The van der Waals surface area contributed by atoms with Crippen LogP contribution in [0.1, 0.15) is 16.8 Å². The molecule has 2 aliphatic carbocycles. The number of hydrogen-bond donors (Lipinski definition) is 1. The number of halogens is 2. The fourth-order valence-electron chi connectivity index (χ4n) is 5.49. The van der Waals surface area contributed by atoms with Crippen LogP contribution in [-0.4, -0.2) is 41.6 Å². The molecule has 1 N–H and O–H groups in total.